The first kappa shape index (κ1) is 14.8. The van der Waals surface area contributed by atoms with E-state index in [1.54, 1.807) is 0 Å². The average molecular weight is 300 g/mol. The van der Waals surface area contributed by atoms with Crippen molar-refractivity contribution in [2.24, 2.45) is 5.92 Å². The Morgan fingerprint density at radius 2 is 2.10 bits per heavy atom. The number of hydrogen-bond acceptors (Lipinski definition) is 2. The second kappa shape index (κ2) is 6.22. The summed E-state index contributed by atoms with van der Waals surface area (Å²) in [7, 11) is 0. The second-order valence-electron chi connectivity index (χ2n) is 4.97. The Hall–Kier alpha value is -1.62. The van der Waals surface area contributed by atoms with Gasteiger partial charge in [-0.1, -0.05) is 24.1 Å². The third-order valence-electron chi connectivity index (χ3n) is 3.55. The van der Waals surface area contributed by atoms with Crippen molar-refractivity contribution in [2.75, 3.05) is 0 Å². The minimum Gasteiger partial charge on any atom is -0.481 e. The highest BCUT2D eigenvalue weighted by molar-refractivity contribution is 6.34. The summed E-state index contributed by atoms with van der Waals surface area (Å²) in [5.74, 6) is -2.39. The van der Waals surface area contributed by atoms with E-state index in [-0.39, 0.29) is 16.6 Å². The fraction of sp³-hybridized carbons (Fsp3) is 0.429. The van der Waals surface area contributed by atoms with Gasteiger partial charge in [0.05, 0.1) is 16.5 Å². The van der Waals surface area contributed by atoms with E-state index in [2.05, 4.69) is 5.32 Å². The van der Waals surface area contributed by atoms with E-state index in [0.29, 0.717) is 12.8 Å². The van der Waals surface area contributed by atoms with Crippen LogP contribution >= 0.6 is 11.6 Å². The van der Waals surface area contributed by atoms with Crippen LogP contribution in [0.2, 0.25) is 5.02 Å². The molecule has 1 aromatic rings. The molecule has 0 spiro atoms. The van der Waals surface area contributed by atoms with Gasteiger partial charge in [0.2, 0.25) is 0 Å². The van der Waals surface area contributed by atoms with Crippen LogP contribution in [0.5, 0.6) is 0 Å². The van der Waals surface area contributed by atoms with Crippen LogP contribution in [0.1, 0.15) is 36.0 Å². The molecule has 0 saturated heterocycles. The monoisotopic (exact) mass is 299 g/mol. The Labute approximate surface area is 120 Å². The molecule has 0 heterocycles. The van der Waals surface area contributed by atoms with Crippen molar-refractivity contribution in [1.82, 2.24) is 5.32 Å². The topological polar surface area (TPSA) is 66.4 Å². The molecule has 1 amide bonds. The summed E-state index contributed by atoms with van der Waals surface area (Å²) in [5, 5.41) is 11.5. The number of carbonyl (C=O) groups excluding carboxylic acids is 1. The lowest BCUT2D eigenvalue weighted by Crippen LogP contribution is -2.40. The normalized spacial score (nSPS) is 22.3. The zero-order valence-electron chi connectivity index (χ0n) is 10.7. The van der Waals surface area contributed by atoms with E-state index in [1.807, 2.05) is 0 Å². The van der Waals surface area contributed by atoms with Crippen molar-refractivity contribution in [3.05, 3.63) is 34.6 Å². The van der Waals surface area contributed by atoms with Gasteiger partial charge in [-0.25, -0.2) is 4.39 Å². The average Bonchev–Trinajstić information content (AvgIpc) is 2.42. The van der Waals surface area contributed by atoms with E-state index < -0.39 is 23.6 Å². The largest absolute Gasteiger partial charge is 0.481 e. The van der Waals surface area contributed by atoms with E-state index in [1.165, 1.54) is 18.2 Å². The van der Waals surface area contributed by atoms with Crippen molar-refractivity contribution >= 4 is 23.5 Å². The van der Waals surface area contributed by atoms with Crippen molar-refractivity contribution in [1.29, 1.82) is 0 Å². The van der Waals surface area contributed by atoms with Gasteiger partial charge in [0.1, 0.15) is 5.82 Å². The van der Waals surface area contributed by atoms with Crippen LogP contribution < -0.4 is 5.32 Å². The van der Waals surface area contributed by atoms with Crippen molar-refractivity contribution in [3.63, 3.8) is 0 Å². The summed E-state index contributed by atoms with van der Waals surface area (Å²) < 4.78 is 13.3. The second-order valence-corrected chi connectivity index (χ2v) is 5.35. The van der Waals surface area contributed by atoms with E-state index in [4.69, 9.17) is 16.7 Å². The maximum Gasteiger partial charge on any atom is 0.306 e. The van der Waals surface area contributed by atoms with Crippen LogP contribution in [0.15, 0.2) is 18.2 Å². The van der Waals surface area contributed by atoms with Gasteiger partial charge < -0.3 is 10.4 Å². The third kappa shape index (κ3) is 3.28. The van der Waals surface area contributed by atoms with Crippen LogP contribution in [-0.4, -0.2) is 23.0 Å². The Morgan fingerprint density at radius 3 is 2.80 bits per heavy atom. The Kier molecular flexibility index (Phi) is 4.60. The molecule has 2 rings (SSSR count). The van der Waals surface area contributed by atoms with E-state index in [9.17, 15) is 14.0 Å². The van der Waals surface area contributed by atoms with Gasteiger partial charge in [0, 0.05) is 6.04 Å². The van der Waals surface area contributed by atoms with Gasteiger partial charge in [-0.3, -0.25) is 9.59 Å². The number of amides is 1. The first-order valence-corrected chi connectivity index (χ1v) is 6.84. The number of carboxylic acid groups (broad SMARTS) is 1. The lowest BCUT2D eigenvalue weighted by atomic mass is 9.85. The van der Waals surface area contributed by atoms with Crippen LogP contribution in [0.25, 0.3) is 0 Å². The molecule has 20 heavy (non-hydrogen) atoms. The number of nitrogens with one attached hydrogen (secondary N) is 1. The highest BCUT2D eigenvalue weighted by atomic mass is 35.5. The Balaban J connectivity index is 2.04. The summed E-state index contributed by atoms with van der Waals surface area (Å²) >= 11 is 5.75. The number of halogens is 2. The number of rotatable bonds is 3. The van der Waals surface area contributed by atoms with Crippen LogP contribution in [-0.2, 0) is 4.79 Å². The molecule has 1 aromatic carbocycles. The molecule has 1 aliphatic carbocycles. The molecular weight excluding hydrogens is 285 g/mol. The number of hydrogen-bond donors (Lipinski definition) is 2. The summed E-state index contributed by atoms with van der Waals surface area (Å²) in [6.07, 6.45) is 2.50. The van der Waals surface area contributed by atoms with Crippen molar-refractivity contribution in [2.45, 2.75) is 31.7 Å². The van der Waals surface area contributed by atoms with Gasteiger partial charge in [0.15, 0.2) is 0 Å². The minimum atomic E-state index is -0.840. The van der Waals surface area contributed by atoms with Gasteiger partial charge in [-0.05, 0) is 31.4 Å². The molecule has 108 valence electrons. The molecule has 6 heteroatoms. The molecule has 4 nitrogen and oxygen atoms in total. The molecule has 1 saturated carbocycles. The smallest absolute Gasteiger partial charge is 0.306 e. The Morgan fingerprint density at radius 1 is 1.35 bits per heavy atom. The summed E-state index contributed by atoms with van der Waals surface area (Å²) in [4.78, 5) is 23.0. The highest BCUT2D eigenvalue weighted by Crippen LogP contribution is 2.25. The number of carboxylic acids is 1. The molecule has 1 aliphatic rings. The number of aliphatic carboxylic acids is 1. The molecule has 0 aromatic heterocycles. The Bertz CT molecular complexity index is 535. The highest BCUT2D eigenvalue weighted by Gasteiger charge is 2.28. The minimum absolute atomic E-state index is 0.0733. The third-order valence-corrected chi connectivity index (χ3v) is 3.94. The predicted octanol–water partition coefficient (Wildman–Crippen LogP) is 2.85. The zero-order chi connectivity index (χ0) is 14.7. The molecule has 2 N–H and O–H groups in total. The lowest BCUT2D eigenvalue weighted by Gasteiger charge is -2.27. The van der Waals surface area contributed by atoms with Crippen LogP contribution in [0, 0.1) is 11.7 Å². The molecule has 2 unspecified atom stereocenters. The molecule has 0 radical (unpaired) electrons. The lowest BCUT2D eigenvalue weighted by molar-refractivity contribution is -0.143. The quantitative estimate of drug-likeness (QED) is 0.902. The first-order valence-electron chi connectivity index (χ1n) is 6.46. The van der Waals surface area contributed by atoms with Crippen LogP contribution in [0.3, 0.4) is 0 Å². The fourth-order valence-corrected chi connectivity index (χ4v) is 2.70. The maximum absolute atomic E-state index is 13.3. The standard InChI is InChI=1S/C14H15ClFNO3/c15-12-10(5-2-6-11(12)16)13(18)17-9-4-1-3-8(7-9)14(19)20/h2,5-6,8-9H,1,3-4,7H2,(H,17,18)(H,19,20). The maximum atomic E-state index is 13.3. The summed E-state index contributed by atoms with van der Waals surface area (Å²) in [5.41, 5.74) is 0.0733. The molecule has 0 aliphatic heterocycles. The van der Waals surface area contributed by atoms with Gasteiger partial charge in [0.25, 0.3) is 5.91 Å². The van der Waals surface area contributed by atoms with E-state index in [0.717, 1.165) is 12.8 Å². The van der Waals surface area contributed by atoms with Gasteiger partial charge >= 0.3 is 5.97 Å². The van der Waals surface area contributed by atoms with Gasteiger partial charge in [-0.15, -0.1) is 0 Å². The first-order chi connectivity index (χ1) is 9.49. The molecular formula is C14H15ClFNO3. The molecule has 0 bridgehead atoms. The van der Waals surface area contributed by atoms with Crippen molar-refractivity contribution in [3.8, 4) is 0 Å². The molecule has 2 atom stereocenters. The molecule has 1 fully saturated rings. The summed E-state index contributed by atoms with van der Waals surface area (Å²) in [6, 6.07) is 3.83. The number of benzene rings is 1. The SMILES string of the molecule is O=C(NC1CCCC(C(=O)O)C1)c1cccc(F)c1Cl. The van der Waals surface area contributed by atoms with Crippen molar-refractivity contribution < 1.29 is 19.1 Å². The predicted molar refractivity (Wildman–Crippen MR) is 72.3 cm³/mol. The number of carbonyl (C=O) groups is 2. The van der Waals surface area contributed by atoms with Crippen LogP contribution in [0.4, 0.5) is 4.39 Å². The van der Waals surface area contributed by atoms with Gasteiger partial charge in [-0.2, -0.15) is 0 Å². The fourth-order valence-electron chi connectivity index (χ4n) is 2.49. The summed E-state index contributed by atoms with van der Waals surface area (Å²) in [6.45, 7) is 0. The zero-order valence-corrected chi connectivity index (χ0v) is 11.5. The van der Waals surface area contributed by atoms with E-state index >= 15 is 0 Å².